The Morgan fingerprint density at radius 2 is 1.93 bits per heavy atom. The van der Waals surface area contributed by atoms with E-state index in [-0.39, 0.29) is 12.4 Å². The van der Waals surface area contributed by atoms with Crippen LogP contribution in [0.25, 0.3) is 0 Å². The summed E-state index contributed by atoms with van der Waals surface area (Å²) in [4.78, 5) is 10.9. The van der Waals surface area contributed by atoms with Crippen molar-refractivity contribution in [1.29, 1.82) is 0 Å². The predicted octanol–water partition coefficient (Wildman–Crippen LogP) is 1.85. The third-order valence-electron chi connectivity index (χ3n) is 3.61. The van der Waals surface area contributed by atoms with Gasteiger partial charge in [-0.2, -0.15) is 0 Å². The molecule has 1 aromatic rings. The SMILES string of the molecule is Cl.c1ncc(C2CCN3CCCC23)cn1. The van der Waals surface area contributed by atoms with Gasteiger partial charge < -0.3 is 0 Å². The highest BCUT2D eigenvalue weighted by atomic mass is 35.5. The van der Waals surface area contributed by atoms with E-state index >= 15 is 0 Å². The minimum atomic E-state index is 0. The predicted molar refractivity (Wildman–Crippen MR) is 61.2 cm³/mol. The maximum Gasteiger partial charge on any atom is 0.115 e. The number of halogens is 1. The molecule has 3 nitrogen and oxygen atoms in total. The second-order valence-corrected chi connectivity index (χ2v) is 4.31. The van der Waals surface area contributed by atoms with Crippen molar-refractivity contribution >= 4 is 12.4 Å². The van der Waals surface area contributed by atoms with Gasteiger partial charge in [0, 0.05) is 24.4 Å². The van der Waals surface area contributed by atoms with Gasteiger partial charge in [-0.05, 0) is 37.9 Å². The zero-order valence-corrected chi connectivity index (χ0v) is 9.49. The Balaban J connectivity index is 0.000000853. The molecular formula is C11H16ClN3. The molecule has 0 N–H and O–H groups in total. The summed E-state index contributed by atoms with van der Waals surface area (Å²) in [6.07, 6.45) is 9.61. The molecule has 0 aliphatic carbocycles. The molecule has 2 aliphatic rings. The van der Waals surface area contributed by atoms with Crippen LogP contribution in [0.4, 0.5) is 0 Å². The molecule has 2 atom stereocenters. The highest BCUT2D eigenvalue weighted by Gasteiger charge is 2.37. The van der Waals surface area contributed by atoms with Crippen LogP contribution in [0.1, 0.15) is 30.7 Å². The van der Waals surface area contributed by atoms with Gasteiger partial charge in [0.05, 0.1) is 0 Å². The first-order valence-corrected chi connectivity index (χ1v) is 5.44. The molecule has 0 saturated carbocycles. The van der Waals surface area contributed by atoms with Gasteiger partial charge in [0.25, 0.3) is 0 Å². The minimum absolute atomic E-state index is 0. The Bertz CT molecular complexity index is 317. The molecule has 0 spiro atoms. The number of hydrogen-bond acceptors (Lipinski definition) is 3. The largest absolute Gasteiger partial charge is 0.300 e. The molecule has 0 amide bonds. The monoisotopic (exact) mass is 225 g/mol. The fourth-order valence-corrected chi connectivity index (χ4v) is 2.97. The number of aromatic nitrogens is 2. The maximum absolute atomic E-state index is 4.11. The molecule has 1 aromatic heterocycles. The van der Waals surface area contributed by atoms with Crippen molar-refractivity contribution in [2.45, 2.75) is 31.2 Å². The van der Waals surface area contributed by atoms with Crippen molar-refractivity contribution in [3.8, 4) is 0 Å². The minimum Gasteiger partial charge on any atom is -0.300 e. The van der Waals surface area contributed by atoms with Crippen LogP contribution < -0.4 is 0 Å². The van der Waals surface area contributed by atoms with Crippen molar-refractivity contribution in [2.24, 2.45) is 0 Å². The van der Waals surface area contributed by atoms with E-state index < -0.39 is 0 Å². The Morgan fingerprint density at radius 3 is 2.73 bits per heavy atom. The summed E-state index contributed by atoms with van der Waals surface area (Å²) in [5, 5.41) is 0. The lowest BCUT2D eigenvalue weighted by Crippen LogP contribution is -2.25. The van der Waals surface area contributed by atoms with E-state index in [9.17, 15) is 0 Å². The van der Waals surface area contributed by atoms with Gasteiger partial charge in [0.2, 0.25) is 0 Å². The molecule has 4 heteroatoms. The molecule has 0 aromatic carbocycles. The smallest absolute Gasteiger partial charge is 0.115 e. The van der Waals surface area contributed by atoms with Crippen LogP contribution in [0.15, 0.2) is 18.7 Å². The van der Waals surface area contributed by atoms with Gasteiger partial charge in [-0.1, -0.05) is 0 Å². The van der Waals surface area contributed by atoms with Crippen LogP contribution in [-0.4, -0.2) is 34.0 Å². The van der Waals surface area contributed by atoms with Crippen molar-refractivity contribution in [3.63, 3.8) is 0 Å². The van der Waals surface area contributed by atoms with Crippen LogP contribution in [-0.2, 0) is 0 Å². The second-order valence-electron chi connectivity index (χ2n) is 4.31. The highest BCUT2D eigenvalue weighted by molar-refractivity contribution is 5.85. The van der Waals surface area contributed by atoms with E-state index in [1.165, 1.54) is 37.9 Å². The highest BCUT2D eigenvalue weighted by Crippen LogP contribution is 2.38. The van der Waals surface area contributed by atoms with Gasteiger partial charge in [0.15, 0.2) is 0 Å². The molecule has 2 saturated heterocycles. The van der Waals surface area contributed by atoms with Crippen LogP contribution in [0.2, 0.25) is 0 Å². The molecule has 3 heterocycles. The lowest BCUT2D eigenvalue weighted by Gasteiger charge is -2.19. The van der Waals surface area contributed by atoms with Gasteiger partial charge in [-0.15, -0.1) is 12.4 Å². The zero-order chi connectivity index (χ0) is 9.38. The van der Waals surface area contributed by atoms with E-state index in [2.05, 4.69) is 14.9 Å². The lowest BCUT2D eigenvalue weighted by atomic mass is 9.92. The van der Waals surface area contributed by atoms with Gasteiger partial charge in [0.1, 0.15) is 6.33 Å². The molecule has 0 radical (unpaired) electrons. The Labute approximate surface area is 96.3 Å². The zero-order valence-electron chi connectivity index (χ0n) is 8.67. The average Bonchev–Trinajstić information content (AvgIpc) is 2.79. The molecule has 2 aliphatic heterocycles. The topological polar surface area (TPSA) is 29.0 Å². The van der Waals surface area contributed by atoms with Crippen molar-refractivity contribution in [3.05, 3.63) is 24.3 Å². The summed E-state index contributed by atoms with van der Waals surface area (Å²) >= 11 is 0. The number of nitrogens with zero attached hydrogens (tertiary/aromatic N) is 3. The fraction of sp³-hybridized carbons (Fsp3) is 0.636. The first-order chi connectivity index (χ1) is 6.95. The van der Waals surface area contributed by atoms with Crippen LogP contribution in [0.3, 0.4) is 0 Å². The summed E-state index contributed by atoms with van der Waals surface area (Å²) in [7, 11) is 0. The van der Waals surface area contributed by atoms with Crippen LogP contribution in [0, 0.1) is 0 Å². The normalized spacial score (nSPS) is 29.9. The van der Waals surface area contributed by atoms with E-state index in [1.54, 1.807) is 6.33 Å². The molecular weight excluding hydrogens is 210 g/mol. The summed E-state index contributed by atoms with van der Waals surface area (Å²) in [5.74, 6) is 0.693. The quantitative estimate of drug-likeness (QED) is 0.731. The van der Waals surface area contributed by atoms with Crippen LogP contribution in [0.5, 0.6) is 0 Å². The standard InChI is InChI=1S/C11H15N3.ClH/c1-2-11-10(3-5-14(11)4-1)9-6-12-8-13-7-9;/h6-8,10-11H,1-5H2;1H. The van der Waals surface area contributed by atoms with Crippen molar-refractivity contribution in [1.82, 2.24) is 14.9 Å². The summed E-state index contributed by atoms with van der Waals surface area (Å²) in [6.45, 7) is 2.57. The molecule has 2 fully saturated rings. The first kappa shape index (κ1) is 10.8. The number of fused-ring (bicyclic) bond motifs is 1. The van der Waals surface area contributed by atoms with E-state index in [1.807, 2.05) is 12.4 Å². The molecule has 0 bridgehead atoms. The Kier molecular flexibility index (Phi) is 3.22. The average molecular weight is 226 g/mol. The summed E-state index contributed by atoms with van der Waals surface area (Å²) in [5.41, 5.74) is 1.34. The third kappa shape index (κ3) is 1.86. The maximum atomic E-state index is 4.11. The summed E-state index contributed by atoms with van der Waals surface area (Å²) < 4.78 is 0. The third-order valence-corrected chi connectivity index (χ3v) is 3.61. The number of rotatable bonds is 1. The van der Waals surface area contributed by atoms with Crippen LogP contribution >= 0.6 is 12.4 Å². The Morgan fingerprint density at radius 1 is 1.13 bits per heavy atom. The van der Waals surface area contributed by atoms with Gasteiger partial charge >= 0.3 is 0 Å². The molecule has 2 unspecified atom stereocenters. The number of hydrogen-bond donors (Lipinski definition) is 0. The summed E-state index contributed by atoms with van der Waals surface area (Å²) in [6, 6.07) is 0.779. The van der Waals surface area contributed by atoms with E-state index in [0.717, 1.165) is 6.04 Å². The van der Waals surface area contributed by atoms with Crippen molar-refractivity contribution in [2.75, 3.05) is 13.1 Å². The fourth-order valence-electron chi connectivity index (χ4n) is 2.97. The second kappa shape index (κ2) is 4.45. The van der Waals surface area contributed by atoms with Crippen molar-refractivity contribution < 1.29 is 0 Å². The van der Waals surface area contributed by atoms with Gasteiger partial charge in [-0.25, -0.2) is 9.97 Å². The van der Waals surface area contributed by atoms with E-state index in [4.69, 9.17) is 0 Å². The molecule has 15 heavy (non-hydrogen) atoms. The molecule has 82 valence electrons. The lowest BCUT2D eigenvalue weighted by molar-refractivity contribution is 0.313. The van der Waals surface area contributed by atoms with Gasteiger partial charge in [-0.3, -0.25) is 4.90 Å². The van der Waals surface area contributed by atoms with E-state index in [0.29, 0.717) is 5.92 Å². The molecule has 3 rings (SSSR count). The first-order valence-electron chi connectivity index (χ1n) is 5.44. The Hall–Kier alpha value is -0.670.